The lowest BCUT2D eigenvalue weighted by Gasteiger charge is -2.14. The summed E-state index contributed by atoms with van der Waals surface area (Å²) >= 11 is 0. The van der Waals surface area contributed by atoms with E-state index in [1.165, 1.54) is 11.9 Å². The van der Waals surface area contributed by atoms with Gasteiger partial charge in [-0.25, -0.2) is 9.97 Å². The molecule has 0 fully saturated rings. The molecule has 0 spiro atoms. The smallest absolute Gasteiger partial charge is 0.231 e. The first kappa shape index (κ1) is 17.0. The third-order valence-electron chi connectivity index (χ3n) is 4.43. The van der Waals surface area contributed by atoms with Crippen molar-refractivity contribution in [2.75, 3.05) is 23.2 Å². The lowest BCUT2D eigenvalue weighted by molar-refractivity contribution is 0.174. The first-order chi connectivity index (χ1) is 13.2. The summed E-state index contributed by atoms with van der Waals surface area (Å²) in [7, 11) is 0. The van der Waals surface area contributed by atoms with E-state index in [0.717, 1.165) is 29.2 Å². The summed E-state index contributed by atoms with van der Waals surface area (Å²) in [5.41, 5.74) is 10.00. The van der Waals surface area contributed by atoms with Crippen molar-refractivity contribution in [3.8, 4) is 11.5 Å². The van der Waals surface area contributed by atoms with Crippen molar-refractivity contribution in [1.82, 2.24) is 9.97 Å². The minimum Gasteiger partial charge on any atom is -0.454 e. The Hall–Kier alpha value is -3.48. The third-order valence-corrected chi connectivity index (χ3v) is 4.43. The summed E-state index contributed by atoms with van der Waals surface area (Å²) in [6, 6.07) is 13.9. The zero-order valence-electron chi connectivity index (χ0n) is 15.0. The molecule has 0 atom stereocenters. The summed E-state index contributed by atoms with van der Waals surface area (Å²) in [5.74, 6) is 2.68. The monoisotopic (exact) mass is 363 g/mol. The van der Waals surface area contributed by atoms with E-state index >= 15 is 0 Å². The fourth-order valence-electron chi connectivity index (χ4n) is 2.95. The molecule has 0 bridgehead atoms. The standard InChI is InChI=1S/C20H21N5O2/c1-2-14-5-3-4-6-15(14)25-20-18(21)19(23-11-24-20)22-10-13-7-8-16-17(9-13)27-12-26-16/h3-9,11H,2,10,12,21H2,1H3,(H2,22,23,24,25). The molecule has 1 aliphatic rings. The highest BCUT2D eigenvalue weighted by Gasteiger charge is 2.14. The lowest BCUT2D eigenvalue weighted by atomic mass is 10.1. The second-order valence-corrected chi connectivity index (χ2v) is 6.16. The Labute approximate surface area is 157 Å². The van der Waals surface area contributed by atoms with E-state index in [9.17, 15) is 0 Å². The van der Waals surface area contributed by atoms with Crippen LogP contribution in [-0.2, 0) is 13.0 Å². The Kier molecular flexibility index (Phi) is 4.65. The first-order valence-electron chi connectivity index (χ1n) is 8.82. The summed E-state index contributed by atoms with van der Waals surface area (Å²) in [6.07, 6.45) is 2.42. The van der Waals surface area contributed by atoms with E-state index in [1.807, 2.05) is 36.4 Å². The third kappa shape index (κ3) is 3.57. The second-order valence-electron chi connectivity index (χ2n) is 6.16. The summed E-state index contributed by atoms with van der Waals surface area (Å²) < 4.78 is 10.7. The molecule has 138 valence electrons. The molecular formula is C20H21N5O2. The van der Waals surface area contributed by atoms with Crippen LogP contribution in [0, 0.1) is 0 Å². The fraction of sp³-hybridized carbons (Fsp3) is 0.200. The zero-order valence-corrected chi connectivity index (χ0v) is 15.0. The van der Waals surface area contributed by atoms with Crippen LogP contribution in [0.5, 0.6) is 11.5 Å². The Morgan fingerprint density at radius 3 is 2.74 bits per heavy atom. The van der Waals surface area contributed by atoms with Gasteiger partial charge in [-0.1, -0.05) is 31.2 Å². The number of rotatable bonds is 6. The average molecular weight is 363 g/mol. The van der Waals surface area contributed by atoms with Gasteiger partial charge < -0.3 is 25.8 Å². The fourth-order valence-corrected chi connectivity index (χ4v) is 2.95. The van der Waals surface area contributed by atoms with E-state index in [2.05, 4.69) is 33.6 Å². The maximum Gasteiger partial charge on any atom is 0.231 e. The van der Waals surface area contributed by atoms with E-state index in [-0.39, 0.29) is 6.79 Å². The molecule has 1 aliphatic heterocycles. The van der Waals surface area contributed by atoms with Crippen molar-refractivity contribution < 1.29 is 9.47 Å². The molecule has 4 N–H and O–H groups in total. The van der Waals surface area contributed by atoms with Crippen molar-refractivity contribution in [2.45, 2.75) is 19.9 Å². The van der Waals surface area contributed by atoms with Crippen LogP contribution < -0.4 is 25.8 Å². The minimum absolute atomic E-state index is 0.263. The summed E-state index contributed by atoms with van der Waals surface area (Å²) in [5, 5.41) is 6.57. The molecule has 1 aromatic heterocycles. The number of anilines is 4. The van der Waals surface area contributed by atoms with Gasteiger partial charge in [0.2, 0.25) is 6.79 Å². The predicted molar refractivity (Wildman–Crippen MR) is 105 cm³/mol. The van der Waals surface area contributed by atoms with Crippen molar-refractivity contribution in [3.63, 3.8) is 0 Å². The van der Waals surface area contributed by atoms with Gasteiger partial charge in [0, 0.05) is 12.2 Å². The largest absolute Gasteiger partial charge is 0.454 e. The number of ether oxygens (including phenoxy) is 2. The molecule has 0 saturated carbocycles. The number of nitrogen functional groups attached to an aromatic ring is 1. The summed E-state index contributed by atoms with van der Waals surface area (Å²) in [6.45, 7) is 2.93. The minimum atomic E-state index is 0.263. The Morgan fingerprint density at radius 1 is 1.04 bits per heavy atom. The van der Waals surface area contributed by atoms with Crippen LogP contribution in [0.4, 0.5) is 23.0 Å². The van der Waals surface area contributed by atoms with E-state index in [0.29, 0.717) is 23.9 Å². The number of nitrogens with one attached hydrogen (secondary N) is 2. The number of nitrogens with two attached hydrogens (primary N) is 1. The van der Waals surface area contributed by atoms with Crippen molar-refractivity contribution in [1.29, 1.82) is 0 Å². The highest BCUT2D eigenvalue weighted by molar-refractivity contribution is 5.78. The normalized spacial score (nSPS) is 12.0. The molecule has 27 heavy (non-hydrogen) atoms. The Bertz CT molecular complexity index is 961. The number of aryl methyl sites for hydroxylation is 1. The Morgan fingerprint density at radius 2 is 1.85 bits per heavy atom. The molecular weight excluding hydrogens is 342 g/mol. The zero-order chi connectivity index (χ0) is 18.6. The molecule has 2 heterocycles. The quantitative estimate of drug-likeness (QED) is 0.614. The van der Waals surface area contributed by atoms with Gasteiger partial charge in [0.05, 0.1) is 0 Å². The van der Waals surface area contributed by atoms with Crippen LogP contribution in [-0.4, -0.2) is 16.8 Å². The number of hydrogen-bond donors (Lipinski definition) is 3. The molecule has 3 aromatic rings. The number of para-hydroxylation sites is 1. The van der Waals surface area contributed by atoms with Crippen molar-refractivity contribution in [2.24, 2.45) is 0 Å². The molecule has 0 aliphatic carbocycles. The molecule has 4 rings (SSSR count). The van der Waals surface area contributed by atoms with Crippen LogP contribution in [0.15, 0.2) is 48.8 Å². The van der Waals surface area contributed by atoms with Gasteiger partial charge in [0.1, 0.15) is 12.0 Å². The highest BCUT2D eigenvalue weighted by Crippen LogP contribution is 2.33. The van der Waals surface area contributed by atoms with Gasteiger partial charge in [0.25, 0.3) is 0 Å². The molecule has 0 saturated heterocycles. The summed E-state index contributed by atoms with van der Waals surface area (Å²) in [4.78, 5) is 8.56. The van der Waals surface area contributed by atoms with Gasteiger partial charge in [-0.05, 0) is 35.7 Å². The van der Waals surface area contributed by atoms with Crippen molar-refractivity contribution in [3.05, 3.63) is 59.9 Å². The topological polar surface area (TPSA) is 94.3 Å². The molecule has 7 heteroatoms. The number of fused-ring (bicyclic) bond motifs is 1. The molecule has 0 unspecified atom stereocenters. The predicted octanol–water partition coefficient (Wildman–Crippen LogP) is 3.71. The van der Waals surface area contributed by atoms with Gasteiger partial charge in [-0.3, -0.25) is 0 Å². The maximum atomic E-state index is 6.28. The first-order valence-corrected chi connectivity index (χ1v) is 8.82. The van der Waals surface area contributed by atoms with E-state index < -0.39 is 0 Å². The van der Waals surface area contributed by atoms with Crippen LogP contribution in [0.25, 0.3) is 0 Å². The van der Waals surface area contributed by atoms with E-state index in [4.69, 9.17) is 15.2 Å². The van der Waals surface area contributed by atoms with Crippen LogP contribution in [0.1, 0.15) is 18.1 Å². The van der Waals surface area contributed by atoms with Gasteiger partial charge in [-0.15, -0.1) is 0 Å². The molecule has 2 aromatic carbocycles. The second kappa shape index (κ2) is 7.41. The molecule has 0 amide bonds. The van der Waals surface area contributed by atoms with Crippen LogP contribution in [0.2, 0.25) is 0 Å². The highest BCUT2D eigenvalue weighted by atomic mass is 16.7. The van der Waals surface area contributed by atoms with Crippen LogP contribution >= 0.6 is 0 Å². The molecule has 7 nitrogen and oxygen atoms in total. The Balaban J connectivity index is 1.50. The maximum absolute atomic E-state index is 6.28. The number of hydrogen-bond acceptors (Lipinski definition) is 7. The lowest BCUT2D eigenvalue weighted by Crippen LogP contribution is -2.08. The average Bonchev–Trinajstić information content (AvgIpc) is 3.17. The number of aromatic nitrogens is 2. The SMILES string of the molecule is CCc1ccccc1Nc1ncnc(NCc2ccc3c(c2)OCO3)c1N. The van der Waals surface area contributed by atoms with Gasteiger partial charge in [0.15, 0.2) is 23.1 Å². The van der Waals surface area contributed by atoms with Gasteiger partial charge >= 0.3 is 0 Å². The number of benzene rings is 2. The van der Waals surface area contributed by atoms with E-state index in [1.54, 1.807) is 0 Å². The van der Waals surface area contributed by atoms with Gasteiger partial charge in [-0.2, -0.15) is 0 Å². The number of nitrogens with zero attached hydrogens (tertiary/aromatic N) is 2. The molecule has 0 radical (unpaired) electrons. The van der Waals surface area contributed by atoms with Crippen molar-refractivity contribution >= 4 is 23.0 Å². The van der Waals surface area contributed by atoms with Crippen LogP contribution in [0.3, 0.4) is 0 Å².